The number of rotatable bonds is 3. The van der Waals surface area contributed by atoms with Crippen LogP contribution >= 0.6 is 11.6 Å². The van der Waals surface area contributed by atoms with Crippen LogP contribution in [0.15, 0.2) is 67.0 Å². The van der Waals surface area contributed by atoms with E-state index in [4.69, 9.17) is 11.6 Å². The number of aromatic nitrogens is 2. The Labute approximate surface area is 132 Å². The lowest BCUT2D eigenvalue weighted by atomic mass is 10.3. The molecule has 0 aliphatic heterocycles. The predicted molar refractivity (Wildman–Crippen MR) is 87.7 cm³/mol. The first-order chi connectivity index (χ1) is 10.7. The summed E-state index contributed by atoms with van der Waals surface area (Å²) < 4.78 is 1.61. The number of para-hydroxylation sites is 2. The Morgan fingerprint density at radius 1 is 0.955 bits per heavy atom. The summed E-state index contributed by atoms with van der Waals surface area (Å²) in [6.07, 6.45) is 3.26. The Morgan fingerprint density at radius 3 is 2.41 bits per heavy atom. The fourth-order valence-electron chi connectivity index (χ4n) is 1.97. The van der Waals surface area contributed by atoms with Crippen molar-refractivity contribution in [2.24, 2.45) is 0 Å². The van der Waals surface area contributed by atoms with Crippen LogP contribution < -0.4 is 10.6 Å². The smallest absolute Gasteiger partial charge is 0.308 e. The molecule has 5 nitrogen and oxygen atoms in total. The van der Waals surface area contributed by atoms with Crippen LogP contribution in [0.25, 0.3) is 5.69 Å². The number of amides is 2. The number of carbonyl (C=O) groups excluding carboxylic acids is 1. The van der Waals surface area contributed by atoms with Crippen LogP contribution in [-0.4, -0.2) is 15.8 Å². The average Bonchev–Trinajstić information content (AvgIpc) is 2.97. The quantitative estimate of drug-likeness (QED) is 0.762. The van der Waals surface area contributed by atoms with Gasteiger partial charge in [-0.2, -0.15) is 5.10 Å². The van der Waals surface area contributed by atoms with Gasteiger partial charge in [-0.05, 0) is 24.3 Å². The van der Waals surface area contributed by atoms with Crippen LogP contribution in [0.1, 0.15) is 0 Å². The van der Waals surface area contributed by atoms with Crippen molar-refractivity contribution >= 4 is 29.0 Å². The van der Waals surface area contributed by atoms with Gasteiger partial charge in [0.25, 0.3) is 0 Å². The summed E-state index contributed by atoms with van der Waals surface area (Å²) in [5, 5.41) is 10.2. The Hall–Kier alpha value is -2.79. The fraction of sp³-hybridized carbons (Fsp3) is 0. The van der Waals surface area contributed by atoms with Gasteiger partial charge >= 0.3 is 6.03 Å². The molecule has 0 aliphatic rings. The zero-order chi connectivity index (χ0) is 15.4. The van der Waals surface area contributed by atoms with E-state index in [1.807, 2.05) is 48.5 Å². The Balaban J connectivity index is 1.70. The van der Waals surface area contributed by atoms with Gasteiger partial charge in [0.2, 0.25) is 0 Å². The molecule has 3 rings (SSSR count). The lowest BCUT2D eigenvalue weighted by Crippen LogP contribution is -2.18. The third kappa shape index (κ3) is 3.27. The number of benzene rings is 2. The molecule has 110 valence electrons. The highest BCUT2D eigenvalue weighted by Gasteiger charge is 2.07. The molecule has 2 aromatic carbocycles. The topological polar surface area (TPSA) is 59.0 Å². The highest BCUT2D eigenvalue weighted by molar-refractivity contribution is 6.32. The van der Waals surface area contributed by atoms with E-state index >= 15 is 0 Å². The molecular weight excluding hydrogens is 300 g/mol. The first kappa shape index (κ1) is 14.2. The molecule has 0 saturated heterocycles. The minimum Gasteiger partial charge on any atom is -0.308 e. The van der Waals surface area contributed by atoms with Gasteiger partial charge in [0.15, 0.2) is 0 Å². The van der Waals surface area contributed by atoms with Crippen molar-refractivity contribution in [3.8, 4) is 5.69 Å². The summed E-state index contributed by atoms with van der Waals surface area (Å²) in [5.74, 6) is 0. The third-order valence-electron chi connectivity index (χ3n) is 2.97. The molecule has 0 bridgehead atoms. The lowest BCUT2D eigenvalue weighted by Gasteiger charge is -2.05. The van der Waals surface area contributed by atoms with Gasteiger partial charge in [-0.15, -0.1) is 0 Å². The maximum Gasteiger partial charge on any atom is 0.323 e. The van der Waals surface area contributed by atoms with Crippen LogP contribution in [0.4, 0.5) is 16.2 Å². The predicted octanol–water partition coefficient (Wildman–Crippen LogP) is 4.17. The van der Waals surface area contributed by atoms with Crippen LogP contribution in [-0.2, 0) is 0 Å². The number of anilines is 2. The number of hydrogen-bond acceptors (Lipinski definition) is 2. The van der Waals surface area contributed by atoms with Gasteiger partial charge in [-0.25, -0.2) is 9.48 Å². The van der Waals surface area contributed by atoms with Gasteiger partial charge < -0.3 is 10.6 Å². The molecule has 2 N–H and O–H groups in total. The molecule has 0 spiro atoms. The number of urea groups is 1. The molecular formula is C16H13ClN4O. The van der Waals surface area contributed by atoms with Crippen molar-refractivity contribution in [1.29, 1.82) is 0 Å². The van der Waals surface area contributed by atoms with Crippen molar-refractivity contribution in [2.75, 3.05) is 10.6 Å². The molecule has 22 heavy (non-hydrogen) atoms. The fourth-order valence-corrected chi connectivity index (χ4v) is 2.19. The van der Waals surface area contributed by atoms with E-state index in [1.54, 1.807) is 23.1 Å². The van der Waals surface area contributed by atoms with E-state index in [-0.39, 0.29) is 6.03 Å². The number of nitrogens with zero attached hydrogens (tertiary/aromatic N) is 2. The molecule has 6 heteroatoms. The SMILES string of the molecule is O=C(Nc1ccccc1)Nc1cnn(-c2ccccc2Cl)c1. The second kappa shape index (κ2) is 6.32. The van der Waals surface area contributed by atoms with E-state index in [2.05, 4.69) is 15.7 Å². The number of hydrogen-bond donors (Lipinski definition) is 2. The first-order valence-corrected chi connectivity index (χ1v) is 7.03. The Morgan fingerprint density at radius 2 is 1.64 bits per heavy atom. The lowest BCUT2D eigenvalue weighted by molar-refractivity contribution is 0.262. The van der Waals surface area contributed by atoms with E-state index in [0.717, 1.165) is 11.4 Å². The Bertz CT molecular complexity index is 786. The monoisotopic (exact) mass is 312 g/mol. The molecule has 0 unspecified atom stereocenters. The minimum absolute atomic E-state index is 0.329. The molecule has 2 amide bonds. The largest absolute Gasteiger partial charge is 0.323 e. The maximum atomic E-state index is 11.9. The maximum absolute atomic E-state index is 11.9. The van der Waals surface area contributed by atoms with Crippen molar-refractivity contribution < 1.29 is 4.79 Å². The first-order valence-electron chi connectivity index (χ1n) is 6.65. The van der Waals surface area contributed by atoms with E-state index in [0.29, 0.717) is 10.7 Å². The second-order valence-corrected chi connectivity index (χ2v) is 4.98. The summed E-state index contributed by atoms with van der Waals surface area (Å²) >= 11 is 6.12. The number of nitrogens with one attached hydrogen (secondary N) is 2. The summed E-state index contributed by atoms with van der Waals surface area (Å²) in [6, 6.07) is 16.2. The summed E-state index contributed by atoms with van der Waals surface area (Å²) in [5.41, 5.74) is 2.05. The summed E-state index contributed by atoms with van der Waals surface area (Å²) in [6.45, 7) is 0. The van der Waals surface area contributed by atoms with Crippen LogP contribution in [0.3, 0.4) is 0 Å². The van der Waals surface area contributed by atoms with E-state index in [1.165, 1.54) is 0 Å². The molecule has 0 radical (unpaired) electrons. The molecule has 0 aliphatic carbocycles. The van der Waals surface area contributed by atoms with Crippen molar-refractivity contribution in [1.82, 2.24) is 9.78 Å². The van der Waals surface area contributed by atoms with E-state index in [9.17, 15) is 4.79 Å². The van der Waals surface area contributed by atoms with Gasteiger partial charge in [0.05, 0.1) is 28.8 Å². The van der Waals surface area contributed by atoms with Gasteiger partial charge in [-0.3, -0.25) is 0 Å². The van der Waals surface area contributed by atoms with Crippen molar-refractivity contribution in [3.05, 3.63) is 72.0 Å². The van der Waals surface area contributed by atoms with Gasteiger partial charge in [-0.1, -0.05) is 41.9 Å². The Kier molecular flexibility index (Phi) is 4.07. The van der Waals surface area contributed by atoms with Crippen LogP contribution in [0, 0.1) is 0 Å². The molecule has 0 saturated carbocycles. The molecule has 3 aromatic rings. The molecule has 1 aromatic heterocycles. The summed E-state index contributed by atoms with van der Waals surface area (Å²) in [4.78, 5) is 11.9. The standard InChI is InChI=1S/C16H13ClN4O/c17-14-8-4-5-9-15(14)21-11-13(10-18-21)20-16(22)19-12-6-2-1-3-7-12/h1-11H,(H2,19,20,22). The summed E-state index contributed by atoms with van der Waals surface area (Å²) in [7, 11) is 0. The normalized spacial score (nSPS) is 10.2. The second-order valence-electron chi connectivity index (χ2n) is 4.57. The molecule has 0 atom stereocenters. The van der Waals surface area contributed by atoms with Gasteiger partial charge in [0, 0.05) is 5.69 Å². The molecule has 0 fully saturated rings. The van der Waals surface area contributed by atoms with Crippen molar-refractivity contribution in [3.63, 3.8) is 0 Å². The average molecular weight is 313 g/mol. The highest BCUT2D eigenvalue weighted by atomic mass is 35.5. The number of carbonyl (C=O) groups is 1. The minimum atomic E-state index is -0.329. The van der Waals surface area contributed by atoms with Crippen molar-refractivity contribution in [2.45, 2.75) is 0 Å². The highest BCUT2D eigenvalue weighted by Crippen LogP contribution is 2.20. The third-order valence-corrected chi connectivity index (χ3v) is 3.29. The zero-order valence-electron chi connectivity index (χ0n) is 11.5. The van der Waals surface area contributed by atoms with Crippen LogP contribution in [0.5, 0.6) is 0 Å². The van der Waals surface area contributed by atoms with Gasteiger partial charge in [0.1, 0.15) is 0 Å². The molecule has 1 heterocycles. The van der Waals surface area contributed by atoms with Crippen LogP contribution in [0.2, 0.25) is 5.02 Å². The zero-order valence-corrected chi connectivity index (χ0v) is 12.3. The van der Waals surface area contributed by atoms with E-state index < -0.39 is 0 Å². The number of halogens is 1.